The van der Waals surface area contributed by atoms with Crippen molar-refractivity contribution < 1.29 is 69.4 Å². The lowest BCUT2D eigenvalue weighted by Crippen LogP contribution is -2.68. The molecule has 0 aliphatic carbocycles. The number of aliphatic hydroxyl groups is 7. The number of esters is 1. The second-order valence-corrected chi connectivity index (χ2v) is 9.28. The van der Waals surface area contributed by atoms with E-state index in [4.69, 9.17) is 18.9 Å². The summed E-state index contributed by atoms with van der Waals surface area (Å²) in [6, 6.07) is 0. The molecule has 8 N–H and O–H groups in total. The van der Waals surface area contributed by atoms with Gasteiger partial charge in [-0.2, -0.15) is 0 Å². The van der Waals surface area contributed by atoms with Gasteiger partial charge in [-0.25, -0.2) is 9.59 Å². The van der Waals surface area contributed by atoms with Gasteiger partial charge in [0.05, 0.1) is 31.8 Å². The zero-order valence-corrected chi connectivity index (χ0v) is 21.4. The zero-order chi connectivity index (χ0) is 29.8. The second kappa shape index (κ2) is 12.6. The molecule has 0 spiro atoms. The number of hydrogen-bond acceptors (Lipinski definition) is 14. The molecule has 0 radical (unpaired) electrons. The summed E-state index contributed by atoms with van der Waals surface area (Å²) in [6.45, 7) is 2.80. The molecule has 3 aliphatic heterocycles. The van der Waals surface area contributed by atoms with Gasteiger partial charge in [-0.3, -0.25) is 0 Å². The summed E-state index contributed by atoms with van der Waals surface area (Å²) in [6.07, 6.45) is -2.25. The van der Waals surface area contributed by atoms with Gasteiger partial charge in [-0.05, 0) is 17.7 Å². The first-order valence-corrected chi connectivity index (χ1v) is 12.1. The van der Waals surface area contributed by atoms with Crippen molar-refractivity contribution in [2.24, 2.45) is 5.92 Å². The summed E-state index contributed by atoms with van der Waals surface area (Å²) < 4.78 is 21.0. The smallest absolute Gasteiger partial charge is 0.340 e. The van der Waals surface area contributed by atoms with Gasteiger partial charge in [0.2, 0.25) is 12.1 Å². The summed E-state index contributed by atoms with van der Waals surface area (Å²) in [5, 5.41) is 80.6. The van der Waals surface area contributed by atoms with E-state index in [2.05, 4.69) is 6.58 Å². The summed E-state index contributed by atoms with van der Waals surface area (Å²) in [4.78, 5) is 25.7. The van der Waals surface area contributed by atoms with Gasteiger partial charge in [0, 0.05) is 19.3 Å². The van der Waals surface area contributed by atoms with Gasteiger partial charge in [0.25, 0.3) is 0 Å². The maximum atomic E-state index is 12.6. The number of aliphatic hydroxyl groups excluding tert-OH is 4. The van der Waals surface area contributed by atoms with Crippen LogP contribution in [-0.4, -0.2) is 133 Å². The first kappa shape index (κ1) is 31.4. The van der Waals surface area contributed by atoms with E-state index in [0.29, 0.717) is 5.57 Å². The normalized spacial score (nSPS) is 33.9. The fourth-order valence-electron chi connectivity index (χ4n) is 4.47. The van der Waals surface area contributed by atoms with Gasteiger partial charge in [-0.15, -0.1) is 6.58 Å². The molecular weight excluding hydrogens is 538 g/mol. The monoisotopic (exact) mass is 571 g/mol. The van der Waals surface area contributed by atoms with Crippen molar-refractivity contribution >= 4 is 11.9 Å². The van der Waals surface area contributed by atoms with Crippen LogP contribution in [0.1, 0.15) is 0 Å². The molecule has 0 aromatic rings. The minimum Gasteiger partial charge on any atom is -0.478 e. The summed E-state index contributed by atoms with van der Waals surface area (Å²) >= 11 is 0. The summed E-state index contributed by atoms with van der Waals surface area (Å²) in [5.41, 5.74) is -2.38. The number of methoxy groups -OCH3 is 1. The summed E-state index contributed by atoms with van der Waals surface area (Å²) in [5.74, 6) is -6.73. The average Bonchev–Trinajstić information content (AvgIpc) is 2.92. The third-order valence-electron chi connectivity index (χ3n) is 6.68. The molecule has 0 aromatic heterocycles. The van der Waals surface area contributed by atoms with E-state index < -0.39 is 72.3 Å². The molecule has 0 amide bonds. The predicted molar refractivity (Wildman–Crippen MR) is 131 cm³/mol. The van der Waals surface area contributed by atoms with Crippen molar-refractivity contribution in [3.05, 3.63) is 60.1 Å². The van der Waals surface area contributed by atoms with E-state index in [1.54, 1.807) is 0 Å². The van der Waals surface area contributed by atoms with E-state index in [1.165, 1.54) is 23.3 Å². The van der Waals surface area contributed by atoms with E-state index in [9.17, 15) is 50.4 Å². The molecule has 3 heterocycles. The van der Waals surface area contributed by atoms with Crippen molar-refractivity contribution in [2.45, 2.75) is 42.3 Å². The Morgan fingerprint density at radius 2 is 1.90 bits per heavy atom. The van der Waals surface area contributed by atoms with Crippen LogP contribution in [0.3, 0.4) is 0 Å². The zero-order valence-electron chi connectivity index (χ0n) is 21.4. The second-order valence-electron chi connectivity index (χ2n) is 9.28. The van der Waals surface area contributed by atoms with Crippen molar-refractivity contribution in [2.75, 3.05) is 33.4 Å². The largest absolute Gasteiger partial charge is 0.478 e. The third kappa shape index (κ3) is 6.12. The lowest BCUT2D eigenvalue weighted by molar-refractivity contribution is -0.405. The van der Waals surface area contributed by atoms with Gasteiger partial charge in [0.15, 0.2) is 12.4 Å². The molecule has 222 valence electrons. The van der Waals surface area contributed by atoms with E-state index in [-0.39, 0.29) is 25.3 Å². The number of carbonyl (C=O) groups is 2. The Morgan fingerprint density at radius 1 is 1.20 bits per heavy atom. The van der Waals surface area contributed by atoms with Crippen molar-refractivity contribution in [1.29, 1.82) is 0 Å². The number of carboxylic acid groups (broad SMARTS) is 1. The molecule has 1 fully saturated rings. The number of rotatable bonds is 10. The Hall–Kier alpha value is -3.12. The predicted octanol–water partition coefficient (Wildman–Crippen LogP) is -3.17. The van der Waals surface area contributed by atoms with E-state index in [1.807, 2.05) is 0 Å². The minimum absolute atomic E-state index is 0.0934. The topological polar surface area (TPSA) is 236 Å². The number of aliphatic carboxylic acids is 1. The lowest BCUT2D eigenvalue weighted by atomic mass is 9.78. The highest BCUT2D eigenvalue weighted by Gasteiger charge is 2.57. The molecule has 0 saturated carbocycles. The molecular formula is C25H33NO14. The van der Waals surface area contributed by atoms with Crippen LogP contribution in [0.15, 0.2) is 60.1 Å². The first-order chi connectivity index (χ1) is 18.8. The Kier molecular flexibility index (Phi) is 9.89. The quantitative estimate of drug-likeness (QED) is 0.0733. The molecule has 15 nitrogen and oxygen atoms in total. The van der Waals surface area contributed by atoms with Crippen molar-refractivity contribution in [3.63, 3.8) is 0 Å². The molecule has 0 aromatic carbocycles. The third-order valence-corrected chi connectivity index (χ3v) is 6.68. The molecule has 7 atom stereocenters. The summed E-state index contributed by atoms with van der Waals surface area (Å²) in [7, 11) is 1.06. The highest BCUT2D eigenvalue weighted by atomic mass is 16.8. The average molecular weight is 572 g/mol. The lowest BCUT2D eigenvalue weighted by Gasteiger charge is -2.47. The van der Waals surface area contributed by atoms with Crippen LogP contribution < -0.4 is 0 Å². The van der Waals surface area contributed by atoms with Crippen LogP contribution in [0.25, 0.3) is 0 Å². The van der Waals surface area contributed by atoms with Crippen LogP contribution in [-0.2, 0) is 28.5 Å². The maximum Gasteiger partial charge on any atom is 0.340 e. The number of nitrogens with zero attached hydrogens (tertiary/aromatic N) is 1. The Morgan fingerprint density at radius 3 is 2.48 bits per heavy atom. The number of hydrogen-bond donors (Lipinski definition) is 8. The van der Waals surface area contributed by atoms with E-state index >= 15 is 0 Å². The van der Waals surface area contributed by atoms with Crippen molar-refractivity contribution in [3.8, 4) is 0 Å². The molecule has 15 heteroatoms. The maximum absolute atomic E-state index is 12.6. The Labute approximate surface area is 228 Å². The van der Waals surface area contributed by atoms with Gasteiger partial charge >= 0.3 is 11.9 Å². The molecule has 0 bridgehead atoms. The van der Waals surface area contributed by atoms with Crippen LogP contribution in [0.2, 0.25) is 0 Å². The van der Waals surface area contributed by atoms with Crippen LogP contribution in [0, 0.1) is 5.92 Å². The Balaban J connectivity index is 1.97. The van der Waals surface area contributed by atoms with Crippen LogP contribution in [0.5, 0.6) is 0 Å². The molecule has 3 rings (SSSR count). The standard InChI is InChI=1S/C25H33NO14/c1-3-15-22(40-23-19(30)25(35,36)18(29)17(11-28)39-23)38-12-16(21(33)37-2)24(15,34)5-4-13-8-14(20(31)32)10-26(9-13)6-7-27/h3-5,8,10,12,15,17-19,22-23,27-30,34-36H,1,6-7,9,11H2,2H3,(H,31,32)/b5-4+/t15-,17+,18+,19-,22-,23-,24+/m0/s1. The highest BCUT2D eigenvalue weighted by molar-refractivity contribution is 5.92. The van der Waals surface area contributed by atoms with Gasteiger partial charge in [-0.1, -0.05) is 12.2 Å². The van der Waals surface area contributed by atoms with Gasteiger partial charge in [0.1, 0.15) is 29.6 Å². The molecule has 0 unspecified atom stereocenters. The van der Waals surface area contributed by atoms with Crippen molar-refractivity contribution in [1.82, 2.24) is 4.90 Å². The minimum atomic E-state index is -3.15. The van der Waals surface area contributed by atoms with E-state index in [0.717, 1.165) is 25.5 Å². The van der Waals surface area contributed by atoms with Crippen LogP contribution in [0.4, 0.5) is 0 Å². The SMILES string of the molecule is C=C[C@H]1[C@H](O[C@@H]2O[C@H](CO)[C@@H](O)C(O)(O)[C@H]2O)OC=C(C(=O)OC)[C@@]1(O)/C=C/C1=CC(C(=O)O)=CN(CCO)C1. The number of β-amino-alcohol motifs (C(OH)–C–C–N with tert-alkyl or cyclic N) is 1. The van der Waals surface area contributed by atoms with Gasteiger partial charge < -0.3 is 64.7 Å². The fraction of sp³-hybridized carbons (Fsp3) is 0.520. The number of carbonyl (C=O) groups excluding carboxylic acids is 1. The molecule has 40 heavy (non-hydrogen) atoms. The highest BCUT2D eigenvalue weighted by Crippen LogP contribution is 2.40. The molecule has 3 aliphatic rings. The fourth-order valence-corrected chi connectivity index (χ4v) is 4.47. The molecule has 1 saturated heterocycles. The number of carboxylic acids is 1. The number of ether oxygens (including phenoxy) is 4. The first-order valence-electron chi connectivity index (χ1n) is 12.1. The Bertz CT molecular complexity index is 1100. The van der Waals surface area contributed by atoms with Crippen LogP contribution >= 0.6 is 0 Å².